The van der Waals surface area contributed by atoms with Crippen LogP contribution < -0.4 is 10.6 Å². The van der Waals surface area contributed by atoms with Gasteiger partial charge in [0.2, 0.25) is 11.8 Å². The molecule has 0 heterocycles. The van der Waals surface area contributed by atoms with Crippen LogP contribution in [0.2, 0.25) is 0 Å². The molecule has 0 bridgehead atoms. The lowest BCUT2D eigenvalue weighted by Crippen LogP contribution is -2.53. The van der Waals surface area contributed by atoms with E-state index in [1.165, 1.54) is 0 Å². The van der Waals surface area contributed by atoms with Crippen LogP contribution in [-0.2, 0) is 14.3 Å². The van der Waals surface area contributed by atoms with Gasteiger partial charge in [-0.3, -0.25) is 9.59 Å². The molecule has 3 amide bonds. The van der Waals surface area contributed by atoms with Crippen LogP contribution in [0.25, 0.3) is 0 Å². The summed E-state index contributed by atoms with van der Waals surface area (Å²) < 4.78 is 5.31. The second-order valence-electron chi connectivity index (χ2n) is 9.91. The van der Waals surface area contributed by atoms with Gasteiger partial charge in [0.25, 0.3) is 0 Å². The average Bonchev–Trinajstić information content (AvgIpc) is 3.40. The summed E-state index contributed by atoms with van der Waals surface area (Å²) in [7, 11) is 0. The summed E-state index contributed by atoms with van der Waals surface area (Å²) in [6.07, 6.45) is 1.99. The van der Waals surface area contributed by atoms with E-state index in [0.29, 0.717) is 5.92 Å². The Morgan fingerprint density at radius 2 is 1.72 bits per heavy atom. The zero-order valence-corrected chi connectivity index (χ0v) is 20.5. The third-order valence-electron chi connectivity index (χ3n) is 5.53. The van der Waals surface area contributed by atoms with E-state index in [4.69, 9.17) is 4.74 Å². The maximum atomic E-state index is 13.6. The van der Waals surface area contributed by atoms with Crippen molar-refractivity contribution in [3.05, 3.63) is 35.9 Å². The van der Waals surface area contributed by atoms with E-state index in [0.717, 1.165) is 24.8 Å². The quantitative estimate of drug-likeness (QED) is 0.597. The molecule has 0 aliphatic heterocycles. The molecule has 1 aromatic rings. The number of rotatable bonds is 9. The summed E-state index contributed by atoms with van der Waals surface area (Å²) in [5.74, 6) is -0.203. The van der Waals surface area contributed by atoms with Crippen molar-refractivity contribution >= 4 is 17.9 Å². The smallest absolute Gasteiger partial charge is 0.408 e. The Balaban J connectivity index is 2.31. The van der Waals surface area contributed by atoms with E-state index in [-0.39, 0.29) is 23.9 Å². The fraction of sp³-hybridized carbons (Fsp3) is 0.640. The number of carbonyl (C=O) groups is 3. The molecule has 5 atom stereocenters. The van der Waals surface area contributed by atoms with Crippen molar-refractivity contribution in [2.45, 2.75) is 97.5 Å². The minimum absolute atomic E-state index is 0.00426. The maximum Gasteiger partial charge on any atom is 0.408 e. The number of amides is 3. The lowest BCUT2D eigenvalue weighted by molar-refractivity contribution is -0.143. The Bertz CT molecular complexity index is 790. The number of nitrogens with zero attached hydrogens (tertiary/aromatic N) is 1. The first-order chi connectivity index (χ1) is 14.9. The van der Waals surface area contributed by atoms with Crippen LogP contribution in [0.15, 0.2) is 30.3 Å². The molecular formula is C25H39N3O4. The number of carbonyl (C=O) groups excluding carboxylic acids is 3. The van der Waals surface area contributed by atoms with Crippen LogP contribution in [0.3, 0.4) is 0 Å². The van der Waals surface area contributed by atoms with E-state index in [9.17, 15) is 14.4 Å². The van der Waals surface area contributed by atoms with Crippen LogP contribution >= 0.6 is 0 Å². The Hall–Kier alpha value is -2.57. The second-order valence-corrected chi connectivity index (χ2v) is 9.91. The van der Waals surface area contributed by atoms with Gasteiger partial charge < -0.3 is 20.3 Å². The third-order valence-corrected chi connectivity index (χ3v) is 5.53. The molecule has 0 aromatic heterocycles. The minimum atomic E-state index is -0.829. The highest BCUT2D eigenvalue weighted by Crippen LogP contribution is 2.40. The first-order valence-corrected chi connectivity index (χ1v) is 11.6. The molecule has 0 radical (unpaired) electrons. The van der Waals surface area contributed by atoms with Gasteiger partial charge in [0.1, 0.15) is 17.7 Å². The summed E-state index contributed by atoms with van der Waals surface area (Å²) >= 11 is 0. The monoisotopic (exact) mass is 445 g/mol. The fourth-order valence-corrected chi connectivity index (χ4v) is 3.84. The summed E-state index contributed by atoms with van der Waals surface area (Å²) in [6.45, 7) is 13.0. The lowest BCUT2D eigenvalue weighted by Gasteiger charge is -2.34. The zero-order valence-electron chi connectivity index (χ0n) is 20.5. The first kappa shape index (κ1) is 25.7. The molecule has 178 valence electrons. The molecule has 1 aliphatic carbocycles. The molecule has 1 saturated carbocycles. The van der Waals surface area contributed by atoms with Gasteiger partial charge in [-0.25, -0.2) is 4.79 Å². The highest BCUT2D eigenvalue weighted by molar-refractivity contribution is 5.92. The summed E-state index contributed by atoms with van der Waals surface area (Å²) in [4.78, 5) is 40.9. The van der Waals surface area contributed by atoms with Crippen molar-refractivity contribution in [1.29, 1.82) is 0 Å². The van der Waals surface area contributed by atoms with Crippen molar-refractivity contribution < 1.29 is 19.1 Å². The topological polar surface area (TPSA) is 87.7 Å². The predicted molar refractivity (Wildman–Crippen MR) is 125 cm³/mol. The van der Waals surface area contributed by atoms with E-state index < -0.39 is 23.8 Å². The number of ether oxygens (including phenoxy) is 1. The zero-order chi connectivity index (χ0) is 24.1. The lowest BCUT2D eigenvalue weighted by atomic mass is 10.0. The van der Waals surface area contributed by atoms with Crippen molar-refractivity contribution in [3.63, 3.8) is 0 Å². The number of hydrogen-bond donors (Lipinski definition) is 2. The second kappa shape index (κ2) is 10.8. The molecule has 1 fully saturated rings. The summed E-state index contributed by atoms with van der Waals surface area (Å²) in [6, 6.07) is 7.72. The van der Waals surface area contributed by atoms with Gasteiger partial charge in [-0.2, -0.15) is 0 Å². The third kappa shape index (κ3) is 7.24. The minimum Gasteiger partial charge on any atom is -0.444 e. The Morgan fingerprint density at radius 1 is 1.12 bits per heavy atom. The van der Waals surface area contributed by atoms with E-state index in [2.05, 4.69) is 24.5 Å². The molecule has 2 rings (SSSR count). The van der Waals surface area contributed by atoms with Crippen LogP contribution in [0, 0.1) is 5.92 Å². The molecule has 1 aliphatic rings. The van der Waals surface area contributed by atoms with Crippen LogP contribution in [0.1, 0.15) is 79.3 Å². The van der Waals surface area contributed by atoms with Gasteiger partial charge in [0.15, 0.2) is 0 Å². The molecule has 5 unspecified atom stereocenters. The molecular weight excluding hydrogens is 406 g/mol. The molecule has 0 spiro atoms. The van der Waals surface area contributed by atoms with Gasteiger partial charge >= 0.3 is 6.09 Å². The normalized spacial score (nSPS) is 20.5. The van der Waals surface area contributed by atoms with Gasteiger partial charge in [0, 0.05) is 12.1 Å². The van der Waals surface area contributed by atoms with Crippen molar-refractivity contribution in [2.75, 3.05) is 0 Å². The highest BCUT2D eigenvalue weighted by Gasteiger charge is 2.47. The number of alkyl carbamates (subject to hydrolysis) is 1. The summed E-state index contributed by atoms with van der Waals surface area (Å²) in [5, 5.41) is 5.71. The fourth-order valence-electron chi connectivity index (χ4n) is 3.84. The molecule has 1 aromatic carbocycles. The van der Waals surface area contributed by atoms with Gasteiger partial charge in [-0.05, 0) is 58.9 Å². The van der Waals surface area contributed by atoms with Crippen LogP contribution in [-0.4, -0.2) is 46.5 Å². The van der Waals surface area contributed by atoms with Crippen molar-refractivity contribution in [2.24, 2.45) is 5.92 Å². The van der Waals surface area contributed by atoms with Crippen molar-refractivity contribution in [1.82, 2.24) is 15.5 Å². The number of hydrogen-bond acceptors (Lipinski definition) is 4. The van der Waals surface area contributed by atoms with E-state index >= 15 is 0 Å². The van der Waals surface area contributed by atoms with Crippen molar-refractivity contribution in [3.8, 4) is 0 Å². The van der Waals surface area contributed by atoms with E-state index in [1.54, 1.807) is 32.6 Å². The molecule has 0 saturated heterocycles. The predicted octanol–water partition coefficient (Wildman–Crippen LogP) is 4.18. The average molecular weight is 446 g/mol. The Labute approximate surface area is 192 Å². The Kier molecular flexibility index (Phi) is 8.70. The molecule has 7 heteroatoms. The SMILES string of the molecule is CCCC(C)NC(=O)C(c1ccccc1)N(C(=O)C(C)NC(=O)OC(C)(C)C)C1CC1C. The number of benzene rings is 1. The highest BCUT2D eigenvalue weighted by atomic mass is 16.6. The largest absolute Gasteiger partial charge is 0.444 e. The Morgan fingerprint density at radius 3 is 2.22 bits per heavy atom. The molecule has 2 N–H and O–H groups in total. The van der Waals surface area contributed by atoms with Gasteiger partial charge in [-0.1, -0.05) is 50.6 Å². The molecule has 7 nitrogen and oxygen atoms in total. The van der Waals surface area contributed by atoms with Gasteiger partial charge in [0.05, 0.1) is 0 Å². The summed E-state index contributed by atoms with van der Waals surface area (Å²) in [5.41, 5.74) is 0.0880. The van der Waals surface area contributed by atoms with E-state index in [1.807, 2.05) is 37.3 Å². The van der Waals surface area contributed by atoms with Crippen LogP contribution in [0.5, 0.6) is 0 Å². The molecule has 32 heavy (non-hydrogen) atoms. The maximum absolute atomic E-state index is 13.6. The van der Waals surface area contributed by atoms with Gasteiger partial charge in [-0.15, -0.1) is 0 Å². The standard InChI is InChI=1S/C25H39N3O4/c1-8-12-17(3)26-22(29)21(19-13-10-9-11-14-19)28(20-15-16(20)2)23(30)18(4)27-24(31)32-25(5,6)7/h9-11,13-14,16-18,20-21H,8,12,15H2,1-7H3,(H,26,29)(H,27,31). The first-order valence-electron chi connectivity index (χ1n) is 11.6. The van der Waals surface area contributed by atoms with Crippen LogP contribution in [0.4, 0.5) is 4.79 Å². The number of nitrogens with one attached hydrogen (secondary N) is 2.